The monoisotopic (exact) mass is 348 g/mol. The van der Waals surface area contributed by atoms with Gasteiger partial charge in [-0.15, -0.1) is 0 Å². The molecule has 0 radical (unpaired) electrons. The third kappa shape index (κ3) is 3.91. The smallest absolute Gasteiger partial charge is 0.125 e. The van der Waals surface area contributed by atoms with Crippen LogP contribution >= 0.6 is 11.6 Å². The zero-order chi connectivity index (χ0) is 17.1. The number of halogens is 1. The van der Waals surface area contributed by atoms with E-state index in [-0.39, 0.29) is 12.1 Å². The Morgan fingerprint density at radius 3 is 3.00 bits per heavy atom. The van der Waals surface area contributed by atoms with E-state index in [9.17, 15) is 0 Å². The Labute approximate surface area is 148 Å². The van der Waals surface area contributed by atoms with Gasteiger partial charge >= 0.3 is 0 Å². The summed E-state index contributed by atoms with van der Waals surface area (Å²) in [6.45, 7) is 1.59. The number of nitrogens with zero attached hydrogens (tertiary/aromatic N) is 3. The van der Waals surface area contributed by atoms with E-state index < -0.39 is 0 Å². The average molecular weight is 349 g/mol. The summed E-state index contributed by atoms with van der Waals surface area (Å²) in [5, 5.41) is 8.75. The average Bonchev–Trinajstić information content (AvgIpc) is 2.85. The molecule has 1 aromatic heterocycles. The van der Waals surface area contributed by atoms with Crippen LogP contribution < -0.4 is 10.1 Å². The van der Waals surface area contributed by atoms with E-state index in [2.05, 4.69) is 41.7 Å². The van der Waals surface area contributed by atoms with E-state index in [1.54, 1.807) is 0 Å². The minimum Gasteiger partial charge on any atom is -0.493 e. The van der Waals surface area contributed by atoms with Crippen molar-refractivity contribution in [2.45, 2.75) is 24.9 Å². The SMILES string of the molecule is CN(C)[C@H](CN[C@H]1CCCOc2cc(Cl)ccc21)c1cnn(C)c1. The van der Waals surface area contributed by atoms with Gasteiger partial charge in [0.1, 0.15) is 5.75 Å². The van der Waals surface area contributed by atoms with Crippen molar-refractivity contribution in [3.63, 3.8) is 0 Å². The van der Waals surface area contributed by atoms with Crippen LogP contribution in [0.4, 0.5) is 0 Å². The topological polar surface area (TPSA) is 42.3 Å². The predicted molar refractivity (Wildman–Crippen MR) is 96.6 cm³/mol. The summed E-state index contributed by atoms with van der Waals surface area (Å²) in [5.74, 6) is 0.903. The Balaban J connectivity index is 1.75. The highest BCUT2D eigenvalue weighted by molar-refractivity contribution is 6.30. The van der Waals surface area contributed by atoms with E-state index in [4.69, 9.17) is 16.3 Å². The summed E-state index contributed by atoms with van der Waals surface area (Å²) in [7, 11) is 6.15. The third-order valence-corrected chi connectivity index (χ3v) is 4.77. The van der Waals surface area contributed by atoms with Crippen LogP contribution in [-0.4, -0.2) is 41.9 Å². The fourth-order valence-electron chi connectivity index (χ4n) is 3.22. The minimum atomic E-state index is 0.277. The number of likely N-dealkylation sites (N-methyl/N-ethyl adjacent to an activating group) is 1. The molecule has 0 spiro atoms. The summed E-state index contributed by atoms with van der Waals surface area (Å²) < 4.78 is 7.70. The first-order valence-corrected chi connectivity index (χ1v) is 8.73. The minimum absolute atomic E-state index is 0.277. The lowest BCUT2D eigenvalue weighted by Crippen LogP contribution is -2.33. The lowest BCUT2D eigenvalue weighted by Gasteiger charge is -2.27. The molecule has 1 aromatic carbocycles. The highest BCUT2D eigenvalue weighted by atomic mass is 35.5. The molecule has 0 fully saturated rings. The maximum atomic E-state index is 6.11. The van der Waals surface area contributed by atoms with Gasteiger partial charge in [-0.3, -0.25) is 4.68 Å². The van der Waals surface area contributed by atoms with Gasteiger partial charge < -0.3 is 15.0 Å². The maximum absolute atomic E-state index is 6.11. The highest BCUT2D eigenvalue weighted by Gasteiger charge is 2.22. The molecule has 0 aliphatic carbocycles. The molecule has 2 aromatic rings. The van der Waals surface area contributed by atoms with Crippen LogP contribution in [0.5, 0.6) is 5.75 Å². The van der Waals surface area contributed by atoms with E-state index in [0.717, 1.165) is 36.8 Å². The Kier molecular flexibility index (Phi) is 5.43. The fourth-order valence-corrected chi connectivity index (χ4v) is 3.38. The lowest BCUT2D eigenvalue weighted by molar-refractivity contribution is 0.276. The Morgan fingerprint density at radius 1 is 1.46 bits per heavy atom. The molecule has 3 rings (SSSR count). The molecule has 1 aliphatic rings. The molecule has 24 heavy (non-hydrogen) atoms. The Morgan fingerprint density at radius 2 is 2.29 bits per heavy atom. The second-order valence-electron chi connectivity index (χ2n) is 6.56. The van der Waals surface area contributed by atoms with Crippen LogP contribution in [0.2, 0.25) is 5.02 Å². The molecule has 1 N–H and O–H groups in total. The van der Waals surface area contributed by atoms with E-state index in [0.29, 0.717) is 0 Å². The van der Waals surface area contributed by atoms with Gasteiger partial charge in [0.25, 0.3) is 0 Å². The quantitative estimate of drug-likeness (QED) is 0.901. The molecule has 2 heterocycles. The zero-order valence-electron chi connectivity index (χ0n) is 14.5. The lowest BCUT2D eigenvalue weighted by atomic mass is 10.0. The normalized spacial score (nSPS) is 18.8. The van der Waals surface area contributed by atoms with Gasteiger partial charge in [0.15, 0.2) is 0 Å². The molecule has 0 amide bonds. The maximum Gasteiger partial charge on any atom is 0.125 e. The van der Waals surface area contributed by atoms with E-state index in [1.165, 1.54) is 11.1 Å². The molecule has 5 nitrogen and oxygen atoms in total. The van der Waals surface area contributed by atoms with Gasteiger partial charge in [0, 0.05) is 48.0 Å². The molecule has 130 valence electrons. The van der Waals surface area contributed by atoms with Gasteiger partial charge in [-0.2, -0.15) is 5.10 Å². The Hall–Kier alpha value is -1.56. The molecule has 1 aliphatic heterocycles. The Bertz CT molecular complexity index is 685. The van der Waals surface area contributed by atoms with Crippen LogP contribution in [0.1, 0.15) is 36.1 Å². The highest BCUT2D eigenvalue weighted by Crippen LogP contribution is 2.34. The molecule has 0 saturated heterocycles. The molecule has 6 heteroatoms. The largest absolute Gasteiger partial charge is 0.493 e. The second kappa shape index (κ2) is 7.55. The first-order valence-electron chi connectivity index (χ1n) is 8.35. The first-order chi connectivity index (χ1) is 11.5. The van der Waals surface area contributed by atoms with Crippen molar-refractivity contribution in [3.8, 4) is 5.75 Å². The molecule has 0 bridgehead atoms. The van der Waals surface area contributed by atoms with Crippen LogP contribution in [0.25, 0.3) is 0 Å². The predicted octanol–water partition coefficient (Wildman–Crippen LogP) is 3.18. The number of ether oxygens (including phenoxy) is 1. The standard InChI is InChI=1S/C18H25ClN4O/c1-22(2)17(13-10-21-23(3)12-13)11-20-16-5-4-8-24-18-9-14(19)6-7-15(16)18/h6-7,9-10,12,16-17,20H,4-5,8,11H2,1-3H3/t16-,17+/m0/s1. The zero-order valence-corrected chi connectivity index (χ0v) is 15.3. The molecule has 0 saturated carbocycles. The molecule has 2 atom stereocenters. The van der Waals surface area contributed by atoms with Crippen molar-refractivity contribution in [3.05, 3.63) is 46.7 Å². The number of hydrogen-bond acceptors (Lipinski definition) is 4. The van der Waals surface area contributed by atoms with E-state index in [1.807, 2.05) is 30.1 Å². The summed E-state index contributed by atoms with van der Waals surface area (Å²) in [4.78, 5) is 2.22. The molecule has 0 unspecified atom stereocenters. The van der Waals surface area contributed by atoms with Crippen LogP contribution in [0.3, 0.4) is 0 Å². The van der Waals surface area contributed by atoms with Gasteiger partial charge in [-0.25, -0.2) is 0 Å². The van der Waals surface area contributed by atoms with Crippen molar-refractivity contribution in [2.24, 2.45) is 7.05 Å². The van der Waals surface area contributed by atoms with Gasteiger partial charge in [0.2, 0.25) is 0 Å². The summed E-state index contributed by atoms with van der Waals surface area (Å²) in [6, 6.07) is 6.49. The summed E-state index contributed by atoms with van der Waals surface area (Å²) >= 11 is 6.11. The van der Waals surface area contributed by atoms with Gasteiger partial charge in [0.05, 0.1) is 12.8 Å². The van der Waals surface area contributed by atoms with Gasteiger partial charge in [-0.1, -0.05) is 17.7 Å². The first kappa shape index (κ1) is 17.3. The van der Waals surface area contributed by atoms with Crippen LogP contribution in [0, 0.1) is 0 Å². The number of benzene rings is 1. The van der Waals surface area contributed by atoms with Gasteiger partial charge in [-0.05, 0) is 39.1 Å². The summed E-state index contributed by atoms with van der Waals surface area (Å²) in [6.07, 6.45) is 6.11. The number of fused-ring (bicyclic) bond motifs is 1. The second-order valence-corrected chi connectivity index (χ2v) is 7.00. The van der Waals surface area contributed by atoms with Crippen molar-refractivity contribution in [1.29, 1.82) is 0 Å². The number of aromatic nitrogens is 2. The van der Waals surface area contributed by atoms with Crippen molar-refractivity contribution < 1.29 is 4.74 Å². The fraction of sp³-hybridized carbons (Fsp3) is 0.500. The number of hydrogen-bond donors (Lipinski definition) is 1. The van der Waals surface area contributed by atoms with Crippen molar-refractivity contribution >= 4 is 11.6 Å². The molecular weight excluding hydrogens is 324 g/mol. The van der Waals surface area contributed by atoms with Crippen LogP contribution in [-0.2, 0) is 7.05 Å². The van der Waals surface area contributed by atoms with Crippen molar-refractivity contribution in [1.82, 2.24) is 20.0 Å². The van der Waals surface area contributed by atoms with E-state index >= 15 is 0 Å². The third-order valence-electron chi connectivity index (χ3n) is 4.54. The summed E-state index contributed by atoms with van der Waals surface area (Å²) in [5.41, 5.74) is 2.41. The molecular formula is C18H25ClN4O. The number of nitrogens with one attached hydrogen (secondary N) is 1. The number of rotatable bonds is 5. The van der Waals surface area contributed by atoms with Crippen molar-refractivity contribution in [2.75, 3.05) is 27.2 Å². The number of aryl methyl sites for hydroxylation is 1. The van der Waals surface area contributed by atoms with Crippen LogP contribution in [0.15, 0.2) is 30.6 Å².